The van der Waals surface area contributed by atoms with Gasteiger partial charge in [0, 0.05) is 31.4 Å². The summed E-state index contributed by atoms with van der Waals surface area (Å²) in [6.07, 6.45) is 3.63. The first-order valence-corrected chi connectivity index (χ1v) is 6.56. The smallest absolute Gasteiger partial charge is 0.431 e. The number of ether oxygens (including phenoxy) is 1. The van der Waals surface area contributed by atoms with Crippen molar-refractivity contribution in [1.29, 1.82) is 0 Å². The number of amides is 1. The fraction of sp³-hybridized carbons (Fsp3) is 0.583. The van der Waals surface area contributed by atoms with Crippen molar-refractivity contribution in [3.8, 4) is 0 Å². The van der Waals surface area contributed by atoms with Crippen LogP contribution in [0.1, 0.15) is 25.0 Å². The minimum atomic E-state index is -0.341. The van der Waals surface area contributed by atoms with E-state index >= 15 is 0 Å². The SMILES string of the molecule is C[C@@H]1OC(=O)N(N2CCNC3CC32)c2ncncc21. The highest BCUT2D eigenvalue weighted by molar-refractivity contribution is 5.88. The largest absolute Gasteiger partial charge is 0.440 e. The molecule has 1 amide bonds. The van der Waals surface area contributed by atoms with Crippen LogP contribution in [0.3, 0.4) is 0 Å². The van der Waals surface area contributed by atoms with Crippen LogP contribution in [0.5, 0.6) is 0 Å². The van der Waals surface area contributed by atoms with Crippen LogP contribution in [0.2, 0.25) is 0 Å². The van der Waals surface area contributed by atoms with Gasteiger partial charge < -0.3 is 10.1 Å². The number of hydrogen-bond donors (Lipinski definition) is 1. The molecule has 0 spiro atoms. The Hall–Kier alpha value is -1.73. The van der Waals surface area contributed by atoms with Gasteiger partial charge in [-0.3, -0.25) is 0 Å². The van der Waals surface area contributed by atoms with E-state index in [9.17, 15) is 4.79 Å². The molecule has 2 aliphatic heterocycles. The van der Waals surface area contributed by atoms with Crippen LogP contribution in [-0.4, -0.2) is 46.2 Å². The summed E-state index contributed by atoms with van der Waals surface area (Å²) in [5.41, 5.74) is 0.859. The highest BCUT2D eigenvalue weighted by Gasteiger charge is 2.50. The molecule has 1 aromatic heterocycles. The number of cyclic esters (lactones) is 1. The van der Waals surface area contributed by atoms with E-state index in [1.54, 1.807) is 11.2 Å². The van der Waals surface area contributed by atoms with E-state index in [0.29, 0.717) is 17.9 Å². The lowest BCUT2D eigenvalue weighted by atomic mass is 10.2. The molecular weight excluding hydrogens is 246 g/mol. The van der Waals surface area contributed by atoms with E-state index in [0.717, 1.165) is 25.1 Å². The molecule has 7 nitrogen and oxygen atoms in total. The number of aromatic nitrogens is 2. The third-order valence-corrected chi connectivity index (χ3v) is 3.95. The maximum atomic E-state index is 12.2. The first-order valence-electron chi connectivity index (χ1n) is 6.56. The zero-order chi connectivity index (χ0) is 13.0. The van der Waals surface area contributed by atoms with Gasteiger partial charge in [-0.15, -0.1) is 0 Å². The summed E-state index contributed by atoms with van der Waals surface area (Å²) in [4.78, 5) is 20.5. The molecule has 19 heavy (non-hydrogen) atoms. The van der Waals surface area contributed by atoms with Crippen molar-refractivity contribution in [3.63, 3.8) is 0 Å². The summed E-state index contributed by atoms with van der Waals surface area (Å²) in [5, 5.41) is 7.08. The Morgan fingerprint density at radius 1 is 1.53 bits per heavy atom. The fourth-order valence-electron chi connectivity index (χ4n) is 2.88. The monoisotopic (exact) mass is 261 g/mol. The van der Waals surface area contributed by atoms with E-state index in [-0.39, 0.29) is 12.2 Å². The highest BCUT2D eigenvalue weighted by atomic mass is 16.6. The number of nitrogens with one attached hydrogen (secondary N) is 1. The van der Waals surface area contributed by atoms with E-state index in [4.69, 9.17) is 4.74 Å². The number of anilines is 1. The minimum Gasteiger partial charge on any atom is -0.440 e. The maximum Gasteiger partial charge on any atom is 0.431 e. The van der Waals surface area contributed by atoms with Crippen molar-refractivity contribution in [2.75, 3.05) is 18.1 Å². The molecular formula is C12H15N5O2. The van der Waals surface area contributed by atoms with Crippen molar-refractivity contribution in [2.45, 2.75) is 31.5 Å². The second-order valence-electron chi connectivity index (χ2n) is 5.17. The zero-order valence-electron chi connectivity index (χ0n) is 10.6. The van der Waals surface area contributed by atoms with Crippen LogP contribution in [0.15, 0.2) is 12.5 Å². The quantitative estimate of drug-likeness (QED) is 0.791. The lowest BCUT2D eigenvalue weighted by molar-refractivity contribution is 0.0792. The summed E-state index contributed by atoms with van der Waals surface area (Å²) in [6.45, 7) is 3.50. The molecule has 100 valence electrons. The summed E-state index contributed by atoms with van der Waals surface area (Å²) in [7, 11) is 0. The fourth-order valence-corrected chi connectivity index (χ4v) is 2.88. The summed E-state index contributed by atoms with van der Waals surface area (Å²) >= 11 is 0. The average Bonchev–Trinajstić information content (AvgIpc) is 3.19. The van der Waals surface area contributed by atoms with Gasteiger partial charge in [0.2, 0.25) is 0 Å². The van der Waals surface area contributed by atoms with Gasteiger partial charge in [-0.2, -0.15) is 5.01 Å². The van der Waals surface area contributed by atoms with Crippen molar-refractivity contribution in [2.24, 2.45) is 0 Å². The Morgan fingerprint density at radius 2 is 2.42 bits per heavy atom. The van der Waals surface area contributed by atoms with Gasteiger partial charge in [-0.25, -0.2) is 19.8 Å². The Kier molecular flexibility index (Phi) is 2.27. The number of piperazine rings is 1. The van der Waals surface area contributed by atoms with Crippen LogP contribution in [0, 0.1) is 0 Å². The molecule has 2 unspecified atom stereocenters. The van der Waals surface area contributed by atoms with Gasteiger partial charge in [-0.05, 0) is 13.3 Å². The van der Waals surface area contributed by atoms with Gasteiger partial charge in [0.25, 0.3) is 0 Å². The van der Waals surface area contributed by atoms with Crippen LogP contribution >= 0.6 is 0 Å². The van der Waals surface area contributed by atoms with Crippen molar-refractivity contribution < 1.29 is 9.53 Å². The highest BCUT2D eigenvalue weighted by Crippen LogP contribution is 2.38. The molecule has 1 aliphatic carbocycles. The summed E-state index contributed by atoms with van der Waals surface area (Å²) in [5.74, 6) is 0.659. The van der Waals surface area contributed by atoms with Crippen LogP contribution in [-0.2, 0) is 4.74 Å². The summed E-state index contributed by atoms with van der Waals surface area (Å²) in [6, 6.07) is 0.865. The predicted molar refractivity (Wildman–Crippen MR) is 66.3 cm³/mol. The number of carbonyl (C=O) groups is 1. The average molecular weight is 261 g/mol. The topological polar surface area (TPSA) is 70.6 Å². The third kappa shape index (κ3) is 1.62. The molecule has 0 bridgehead atoms. The van der Waals surface area contributed by atoms with Gasteiger partial charge in [0.15, 0.2) is 5.82 Å². The number of carbonyl (C=O) groups excluding carboxylic acids is 1. The Morgan fingerprint density at radius 3 is 3.32 bits per heavy atom. The molecule has 0 radical (unpaired) electrons. The molecule has 3 heterocycles. The normalized spacial score (nSPS) is 33.4. The Labute approximate surface area is 110 Å². The molecule has 1 saturated heterocycles. The molecule has 1 aromatic rings. The first kappa shape index (κ1) is 11.1. The van der Waals surface area contributed by atoms with Crippen LogP contribution in [0.4, 0.5) is 10.6 Å². The van der Waals surface area contributed by atoms with Crippen molar-refractivity contribution in [1.82, 2.24) is 20.3 Å². The third-order valence-electron chi connectivity index (χ3n) is 3.95. The molecule has 0 aromatic carbocycles. The van der Waals surface area contributed by atoms with E-state index < -0.39 is 0 Å². The maximum absolute atomic E-state index is 12.2. The van der Waals surface area contributed by atoms with E-state index in [2.05, 4.69) is 20.3 Å². The molecule has 7 heteroatoms. The number of nitrogens with zero attached hydrogens (tertiary/aromatic N) is 4. The van der Waals surface area contributed by atoms with Crippen molar-refractivity contribution in [3.05, 3.63) is 18.1 Å². The van der Waals surface area contributed by atoms with Gasteiger partial charge in [0.1, 0.15) is 12.4 Å². The number of hydrazine groups is 1. The lowest BCUT2D eigenvalue weighted by Gasteiger charge is -2.39. The Bertz CT molecular complexity index is 537. The standard InChI is InChI=1S/C12H15N5O2/c1-7-8-5-13-6-15-11(8)17(12(18)19-7)16-3-2-14-9-4-10(9)16/h5-7,9-10,14H,2-4H2,1H3/t7-,9?,10?/m0/s1. The lowest BCUT2D eigenvalue weighted by Crippen LogP contribution is -2.57. The van der Waals surface area contributed by atoms with E-state index in [1.165, 1.54) is 6.33 Å². The first-order chi connectivity index (χ1) is 9.25. The molecule has 1 saturated carbocycles. The molecule has 4 rings (SSSR count). The second kappa shape index (κ2) is 3.88. The molecule has 2 fully saturated rings. The molecule has 3 atom stereocenters. The predicted octanol–water partition coefficient (Wildman–Crippen LogP) is 0.455. The number of rotatable bonds is 1. The van der Waals surface area contributed by atoms with Gasteiger partial charge in [0.05, 0.1) is 5.56 Å². The van der Waals surface area contributed by atoms with Gasteiger partial charge >= 0.3 is 6.09 Å². The van der Waals surface area contributed by atoms with E-state index in [1.807, 2.05) is 6.92 Å². The van der Waals surface area contributed by atoms with Crippen LogP contribution < -0.4 is 10.3 Å². The minimum absolute atomic E-state index is 0.294. The number of hydrogen-bond acceptors (Lipinski definition) is 6. The second-order valence-corrected chi connectivity index (χ2v) is 5.17. The van der Waals surface area contributed by atoms with Gasteiger partial charge in [-0.1, -0.05) is 0 Å². The molecule has 3 aliphatic rings. The van der Waals surface area contributed by atoms with Crippen LogP contribution in [0.25, 0.3) is 0 Å². The molecule has 1 N–H and O–H groups in total. The summed E-state index contributed by atoms with van der Waals surface area (Å²) < 4.78 is 5.39. The van der Waals surface area contributed by atoms with Crippen molar-refractivity contribution >= 4 is 11.9 Å². The zero-order valence-corrected chi connectivity index (χ0v) is 10.6. The Balaban J connectivity index is 1.74. The number of fused-ring (bicyclic) bond motifs is 2.